The number of Topliss-reactive ketones (excluding diaryl/α,β-unsaturated/α-hetero) is 1. The molecule has 0 bridgehead atoms. The van der Waals surface area contributed by atoms with E-state index in [0.717, 1.165) is 13.0 Å². The Balaban J connectivity index is 2.48. The number of ketones is 1. The molecule has 7 heteroatoms. The number of carbonyl (C=O) groups excluding carboxylic acids is 1. The Kier molecular flexibility index (Phi) is 4.92. The fourth-order valence-electron chi connectivity index (χ4n) is 2.21. The summed E-state index contributed by atoms with van der Waals surface area (Å²) in [7, 11) is 0. The molecule has 0 amide bonds. The molecule has 4 nitrogen and oxygen atoms in total. The first-order valence-corrected chi connectivity index (χ1v) is 6.86. The highest BCUT2D eigenvalue weighted by atomic mass is 19.4. The normalized spacial score (nSPS) is 11.2. The van der Waals surface area contributed by atoms with Crippen molar-refractivity contribution < 1.29 is 32.6 Å². The quantitative estimate of drug-likeness (QED) is 0.831. The first-order valence-electron chi connectivity index (χ1n) is 6.86. The summed E-state index contributed by atoms with van der Waals surface area (Å²) >= 11 is 0. The number of rotatable bonds is 5. The number of hydrogen-bond donors (Lipinski definition) is 1. The maximum absolute atomic E-state index is 13.2. The van der Waals surface area contributed by atoms with E-state index < -0.39 is 34.6 Å². The third-order valence-electron chi connectivity index (χ3n) is 3.25. The molecule has 0 aromatic heterocycles. The van der Waals surface area contributed by atoms with Gasteiger partial charge in [0.25, 0.3) is 0 Å². The minimum atomic E-state index is -4.88. The van der Waals surface area contributed by atoms with Crippen LogP contribution in [0.1, 0.15) is 38.8 Å². The molecule has 0 radical (unpaired) electrons. The van der Waals surface area contributed by atoms with Crippen LogP contribution in [0.15, 0.2) is 42.5 Å². The minimum absolute atomic E-state index is 0.0311. The maximum atomic E-state index is 13.2. The molecule has 0 fully saturated rings. The lowest BCUT2D eigenvalue weighted by molar-refractivity contribution is -0.138. The molecule has 0 atom stereocenters. The molecule has 24 heavy (non-hydrogen) atoms. The van der Waals surface area contributed by atoms with Gasteiger partial charge < -0.3 is 9.84 Å². The average molecular weight is 338 g/mol. The fourth-order valence-corrected chi connectivity index (χ4v) is 2.21. The van der Waals surface area contributed by atoms with Gasteiger partial charge in [0.2, 0.25) is 0 Å². The third-order valence-corrected chi connectivity index (χ3v) is 3.25. The molecule has 126 valence electrons. The average Bonchev–Trinajstić information content (AvgIpc) is 2.51. The van der Waals surface area contributed by atoms with Crippen LogP contribution in [0.2, 0.25) is 0 Å². The summed E-state index contributed by atoms with van der Waals surface area (Å²) in [6.45, 7) is 0.859. The SMILES string of the molecule is CC(=O)c1c(C(=O)O)cc(OCc2ccccc2)cc1C(F)(F)F. The fraction of sp³-hybridized carbons (Fsp3) is 0.176. The highest BCUT2D eigenvalue weighted by Gasteiger charge is 2.37. The molecule has 0 aliphatic carbocycles. The number of ether oxygens (including phenoxy) is 1. The Morgan fingerprint density at radius 2 is 1.75 bits per heavy atom. The summed E-state index contributed by atoms with van der Waals surface area (Å²) in [5.74, 6) is -2.88. The van der Waals surface area contributed by atoms with Crippen LogP contribution in [-0.4, -0.2) is 16.9 Å². The van der Waals surface area contributed by atoms with Crippen LogP contribution < -0.4 is 4.74 Å². The number of carboxylic acid groups (broad SMARTS) is 1. The summed E-state index contributed by atoms with van der Waals surface area (Å²) in [5.41, 5.74) is -2.22. The Morgan fingerprint density at radius 3 is 2.25 bits per heavy atom. The topological polar surface area (TPSA) is 63.6 Å². The number of hydrogen-bond acceptors (Lipinski definition) is 3. The van der Waals surface area contributed by atoms with E-state index >= 15 is 0 Å². The van der Waals surface area contributed by atoms with Crippen molar-refractivity contribution in [1.29, 1.82) is 0 Å². The zero-order valence-electron chi connectivity index (χ0n) is 12.6. The highest BCUT2D eigenvalue weighted by molar-refractivity contribution is 6.06. The molecule has 2 aromatic rings. The van der Waals surface area contributed by atoms with Crippen molar-refractivity contribution in [3.05, 3.63) is 64.7 Å². The molecule has 0 aliphatic heterocycles. The summed E-state index contributed by atoms with van der Waals surface area (Å²) in [4.78, 5) is 22.8. The van der Waals surface area contributed by atoms with Gasteiger partial charge in [-0.1, -0.05) is 30.3 Å². The van der Waals surface area contributed by atoms with E-state index in [1.54, 1.807) is 30.3 Å². The van der Waals surface area contributed by atoms with Gasteiger partial charge in [-0.15, -0.1) is 0 Å². The minimum Gasteiger partial charge on any atom is -0.489 e. The molecule has 2 aromatic carbocycles. The Bertz CT molecular complexity index is 767. The van der Waals surface area contributed by atoms with Gasteiger partial charge in [0.1, 0.15) is 12.4 Å². The van der Waals surface area contributed by atoms with Crippen molar-refractivity contribution in [3.8, 4) is 5.75 Å². The number of aromatic carboxylic acids is 1. The second-order valence-electron chi connectivity index (χ2n) is 5.03. The van der Waals surface area contributed by atoms with Crippen molar-refractivity contribution in [2.24, 2.45) is 0 Å². The predicted octanol–water partition coefficient (Wildman–Crippen LogP) is 4.19. The highest BCUT2D eigenvalue weighted by Crippen LogP contribution is 2.37. The lowest BCUT2D eigenvalue weighted by atomic mass is 9.97. The van der Waals surface area contributed by atoms with Crippen LogP contribution in [0.4, 0.5) is 13.2 Å². The summed E-state index contributed by atoms with van der Waals surface area (Å²) < 4.78 is 44.9. The maximum Gasteiger partial charge on any atom is 0.417 e. The summed E-state index contributed by atoms with van der Waals surface area (Å²) in [6.07, 6.45) is -4.88. The number of alkyl halides is 3. The first-order chi connectivity index (χ1) is 11.2. The number of benzene rings is 2. The van der Waals surface area contributed by atoms with Gasteiger partial charge in [0, 0.05) is 5.56 Å². The molecule has 0 saturated carbocycles. The Hall–Kier alpha value is -2.83. The molecular formula is C17H13F3O4. The summed E-state index contributed by atoms with van der Waals surface area (Å²) in [5, 5.41) is 9.14. The van der Waals surface area contributed by atoms with E-state index in [4.69, 9.17) is 9.84 Å². The van der Waals surface area contributed by atoms with E-state index in [2.05, 4.69) is 0 Å². The lowest BCUT2D eigenvalue weighted by Crippen LogP contribution is -2.17. The van der Waals surface area contributed by atoms with Crippen molar-refractivity contribution in [3.63, 3.8) is 0 Å². The van der Waals surface area contributed by atoms with Gasteiger partial charge >= 0.3 is 12.1 Å². The smallest absolute Gasteiger partial charge is 0.417 e. The Labute approximate surface area is 135 Å². The zero-order chi connectivity index (χ0) is 17.9. The monoisotopic (exact) mass is 338 g/mol. The van der Waals surface area contributed by atoms with Gasteiger partial charge in [-0.05, 0) is 24.6 Å². The van der Waals surface area contributed by atoms with E-state index in [0.29, 0.717) is 11.6 Å². The molecule has 0 saturated heterocycles. The van der Waals surface area contributed by atoms with Crippen molar-refractivity contribution in [2.45, 2.75) is 19.7 Å². The molecule has 0 heterocycles. The largest absolute Gasteiger partial charge is 0.489 e. The summed E-state index contributed by atoms with van der Waals surface area (Å²) in [6, 6.07) is 10.3. The van der Waals surface area contributed by atoms with Crippen LogP contribution in [0, 0.1) is 0 Å². The predicted molar refractivity (Wildman–Crippen MR) is 79.2 cm³/mol. The van der Waals surface area contributed by atoms with Crippen LogP contribution >= 0.6 is 0 Å². The van der Waals surface area contributed by atoms with E-state index in [-0.39, 0.29) is 12.4 Å². The van der Waals surface area contributed by atoms with Gasteiger partial charge in [-0.2, -0.15) is 13.2 Å². The molecule has 0 unspecified atom stereocenters. The number of carbonyl (C=O) groups is 2. The molecule has 2 rings (SSSR count). The number of carboxylic acids is 1. The zero-order valence-corrected chi connectivity index (χ0v) is 12.6. The van der Waals surface area contributed by atoms with Crippen LogP contribution in [-0.2, 0) is 12.8 Å². The standard InChI is InChI=1S/C17H13F3O4/c1-10(21)15-13(16(22)23)7-12(8-14(15)17(18,19)20)24-9-11-5-3-2-4-6-11/h2-8H,9H2,1H3,(H,22,23). The van der Waals surface area contributed by atoms with E-state index in [1.807, 2.05) is 0 Å². The van der Waals surface area contributed by atoms with Crippen molar-refractivity contribution in [1.82, 2.24) is 0 Å². The molecule has 0 aliphatic rings. The molecular weight excluding hydrogens is 325 g/mol. The number of halogens is 3. The second kappa shape index (κ2) is 6.74. The van der Waals surface area contributed by atoms with Gasteiger partial charge in [-0.3, -0.25) is 4.79 Å². The van der Waals surface area contributed by atoms with E-state index in [1.165, 1.54) is 0 Å². The molecule has 1 N–H and O–H groups in total. The second-order valence-corrected chi connectivity index (χ2v) is 5.03. The van der Waals surface area contributed by atoms with E-state index in [9.17, 15) is 22.8 Å². The van der Waals surface area contributed by atoms with Crippen LogP contribution in [0.25, 0.3) is 0 Å². The van der Waals surface area contributed by atoms with Gasteiger partial charge in [0.15, 0.2) is 5.78 Å². The van der Waals surface area contributed by atoms with Crippen LogP contribution in [0.3, 0.4) is 0 Å². The third kappa shape index (κ3) is 3.92. The van der Waals surface area contributed by atoms with Gasteiger partial charge in [-0.25, -0.2) is 4.79 Å². The molecule has 0 spiro atoms. The van der Waals surface area contributed by atoms with Crippen LogP contribution in [0.5, 0.6) is 5.75 Å². The first kappa shape index (κ1) is 17.5. The lowest BCUT2D eigenvalue weighted by Gasteiger charge is -2.16. The van der Waals surface area contributed by atoms with Gasteiger partial charge in [0.05, 0.1) is 11.1 Å². The van der Waals surface area contributed by atoms with Crippen molar-refractivity contribution in [2.75, 3.05) is 0 Å². The van der Waals surface area contributed by atoms with Crippen molar-refractivity contribution >= 4 is 11.8 Å². The Morgan fingerprint density at radius 1 is 1.12 bits per heavy atom.